The molecule has 8 heteroatoms. The number of rotatable bonds is 6. The number of ether oxygens (including phenoxy) is 1. The molecule has 0 amide bonds. The van der Waals surface area contributed by atoms with Crippen LogP contribution in [0, 0.1) is 34.0 Å². The maximum absolute atomic E-state index is 12.1. The minimum Gasteiger partial charge on any atom is -0.462 e. The van der Waals surface area contributed by atoms with Crippen molar-refractivity contribution in [3.8, 4) is 29.5 Å². The molecule has 0 atom stereocenters. The maximum Gasteiger partial charge on any atom is 0.339 e. The summed E-state index contributed by atoms with van der Waals surface area (Å²) in [5.74, 6) is 0.161. The van der Waals surface area contributed by atoms with E-state index in [1.54, 1.807) is 42.5 Å². The number of hydrogen-bond donors (Lipinski definition) is 1. The van der Waals surface area contributed by atoms with E-state index >= 15 is 0 Å². The molecule has 1 aromatic heterocycles. The summed E-state index contributed by atoms with van der Waals surface area (Å²) in [4.78, 5) is 12.1. The number of halogens is 1. The molecular weight excluding hydrogens is 392 g/mol. The topological polar surface area (TPSA) is 137 Å². The summed E-state index contributed by atoms with van der Waals surface area (Å²) >= 11 is 6.09. The Bertz CT molecular complexity index is 1110. The largest absolute Gasteiger partial charge is 0.462 e. The zero-order valence-corrected chi connectivity index (χ0v) is 16.2. The summed E-state index contributed by atoms with van der Waals surface area (Å²) in [6.45, 7) is 2.17. The number of carbonyl (C=O) groups excluding carboxylic acids is 1. The third kappa shape index (κ3) is 5.05. The highest BCUT2D eigenvalue weighted by atomic mass is 35.5. The highest BCUT2D eigenvalue weighted by Crippen LogP contribution is 2.28. The number of nitrogens with two attached hydrogens (primary N) is 1. The Hall–Kier alpha value is -3.99. The zero-order chi connectivity index (χ0) is 21.4. The molecule has 1 heterocycles. The molecule has 0 radical (unpaired) electrons. The van der Waals surface area contributed by atoms with E-state index < -0.39 is 5.97 Å². The molecule has 1 aromatic carbocycles. The fraction of sp³-hybridized carbons (Fsp3) is 0.143. The van der Waals surface area contributed by atoms with Crippen molar-refractivity contribution < 1.29 is 13.9 Å². The van der Waals surface area contributed by atoms with E-state index in [1.165, 1.54) is 6.08 Å². The van der Waals surface area contributed by atoms with Gasteiger partial charge in [0, 0.05) is 11.6 Å². The predicted octanol–water partition coefficient (Wildman–Crippen LogP) is 4.33. The Morgan fingerprint density at radius 2 is 1.93 bits per heavy atom. The van der Waals surface area contributed by atoms with Crippen LogP contribution in [0.4, 0.5) is 0 Å². The summed E-state index contributed by atoms with van der Waals surface area (Å²) in [7, 11) is 0. The first kappa shape index (κ1) is 21.3. The molecule has 0 aliphatic heterocycles. The van der Waals surface area contributed by atoms with Crippen LogP contribution in [0.1, 0.15) is 29.5 Å². The predicted molar refractivity (Wildman–Crippen MR) is 106 cm³/mol. The van der Waals surface area contributed by atoms with E-state index in [0.29, 0.717) is 17.7 Å². The molecule has 7 nitrogen and oxygen atoms in total. The molecule has 0 aliphatic rings. The summed E-state index contributed by atoms with van der Waals surface area (Å²) in [5.41, 5.74) is 5.82. The highest BCUT2D eigenvalue weighted by Gasteiger charge is 2.15. The minimum absolute atomic E-state index is 0.0797. The van der Waals surface area contributed by atoms with Gasteiger partial charge < -0.3 is 14.9 Å². The fourth-order valence-corrected chi connectivity index (χ4v) is 2.48. The second-order valence-corrected chi connectivity index (χ2v) is 6.12. The van der Waals surface area contributed by atoms with Gasteiger partial charge in [-0.05, 0) is 36.8 Å². The molecule has 29 heavy (non-hydrogen) atoms. The first-order chi connectivity index (χ1) is 13.9. The van der Waals surface area contributed by atoms with Gasteiger partial charge in [0.25, 0.3) is 0 Å². The summed E-state index contributed by atoms with van der Waals surface area (Å²) in [6.07, 6.45) is 2.01. The monoisotopic (exact) mass is 406 g/mol. The second-order valence-electron chi connectivity index (χ2n) is 5.71. The van der Waals surface area contributed by atoms with Gasteiger partial charge in [-0.3, -0.25) is 0 Å². The lowest BCUT2D eigenvalue weighted by molar-refractivity contribution is 0.0505. The van der Waals surface area contributed by atoms with Crippen LogP contribution < -0.4 is 5.73 Å². The van der Waals surface area contributed by atoms with Crippen LogP contribution in [0.2, 0.25) is 5.02 Å². The number of carbonyl (C=O) groups is 1. The van der Waals surface area contributed by atoms with Crippen molar-refractivity contribution in [2.75, 3.05) is 6.61 Å². The van der Waals surface area contributed by atoms with Crippen molar-refractivity contribution in [1.29, 1.82) is 15.8 Å². The normalized spacial score (nSPS) is 10.4. The maximum atomic E-state index is 12.1. The van der Waals surface area contributed by atoms with Crippen LogP contribution >= 0.6 is 11.6 Å². The molecule has 2 aromatic rings. The molecule has 0 aliphatic carbocycles. The van der Waals surface area contributed by atoms with Gasteiger partial charge >= 0.3 is 5.97 Å². The Balaban J connectivity index is 2.39. The van der Waals surface area contributed by atoms with E-state index in [9.17, 15) is 10.1 Å². The van der Waals surface area contributed by atoms with Crippen LogP contribution in [0.15, 0.2) is 51.6 Å². The first-order valence-electron chi connectivity index (χ1n) is 8.44. The number of furan rings is 1. The molecule has 0 saturated heterocycles. The van der Waals surface area contributed by atoms with Crippen LogP contribution in [0.3, 0.4) is 0 Å². The molecule has 0 fully saturated rings. The summed E-state index contributed by atoms with van der Waals surface area (Å²) in [5, 5.41) is 27.3. The minimum atomic E-state index is -0.532. The van der Waals surface area contributed by atoms with Gasteiger partial charge in [-0.25, -0.2) is 4.79 Å². The van der Waals surface area contributed by atoms with E-state index in [0.717, 1.165) is 0 Å². The average molecular weight is 407 g/mol. The van der Waals surface area contributed by atoms with Crippen LogP contribution in [0.5, 0.6) is 0 Å². The quantitative estimate of drug-likeness (QED) is 0.428. The van der Waals surface area contributed by atoms with Gasteiger partial charge in [-0.1, -0.05) is 18.5 Å². The van der Waals surface area contributed by atoms with E-state index in [1.807, 2.05) is 13.0 Å². The second kappa shape index (κ2) is 9.80. The van der Waals surface area contributed by atoms with Gasteiger partial charge in [0.15, 0.2) is 5.57 Å². The van der Waals surface area contributed by atoms with Crippen molar-refractivity contribution >= 4 is 23.6 Å². The Morgan fingerprint density at radius 3 is 2.55 bits per heavy atom. The zero-order valence-electron chi connectivity index (χ0n) is 15.4. The van der Waals surface area contributed by atoms with Gasteiger partial charge in [-0.2, -0.15) is 15.8 Å². The number of nitrogens with zero attached hydrogens (tertiary/aromatic N) is 3. The number of benzene rings is 1. The molecular formula is C21H15ClN4O3. The SMILES string of the molecule is CCCOC(=O)c1cc(-c2ccc(C=C(C#N)C(N)=C(C#N)C#N)o2)ccc1Cl. The average Bonchev–Trinajstić information content (AvgIpc) is 3.20. The smallest absolute Gasteiger partial charge is 0.339 e. The molecule has 2 rings (SSSR count). The first-order valence-corrected chi connectivity index (χ1v) is 8.81. The number of hydrogen-bond acceptors (Lipinski definition) is 7. The number of esters is 1. The fourth-order valence-electron chi connectivity index (χ4n) is 2.29. The summed E-state index contributed by atoms with van der Waals surface area (Å²) < 4.78 is 10.8. The lowest BCUT2D eigenvalue weighted by atomic mass is 10.1. The van der Waals surface area contributed by atoms with Gasteiger partial charge in [0.1, 0.15) is 29.7 Å². The molecule has 0 saturated carbocycles. The highest BCUT2D eigenvalue weighted by molar-refractivity contribution is 6.33. The van der Waals surface area contributed by atoms with Crippen molar-refractivity contribution in [3.63, 3.8) is 0 Å². The van der Waals surface area contributed by atoms with Crippen molar-refractivity contribution in [2.24, 2.45) is 5.73 Å². The summed E-state index contributed by atoms with van der Waals surface area (Å²) in [6, 6.07) is 13.1. The third-order valence-electron chi connectivity index (χ3n) is 3.73. The Labute approximate surface area is 172 Å². The lowest BCUT2D eigenvalue weighted by Crippen LogP contribution is -2.06. The van der Waals surface area contributed by atoms with E-state index in [2.05, 4.69) is 0 Å². The van der Waals surface area contributed by atoms with Crippen LogP contribution in [-0.2, 0) is 4.74 Å². The Kier molecular flexibility index (Phi) is 7.20. The van der Waals surface area contributed by atoms with Gasteiger partial charge in [-0.15, -0.1) is 0 Å². The van der Waals surface area contributed by atoms with Crippen molar-refractivity contribution in [2.45, 2.75) is 13.3 Å². The third-order valence-corrected chi connectivity index (χ3v) is 4.05. The molecule has 0 bridgehead atoms. The lowest BCUT2D eigenvalue weighted by Gasteiger charge is -2.06. The van der Waals surface area contributed by atoms with Crippen LogP contribution in [-0.4, -0.2) is 12.6 Å². The molecule has 2 N–H and O–H groups in total. The standard InChI is InChI=1S/C21H15ClN4O3/c1-2-7-28-21(27)17-9-13(3-5-18(17)22)19-6-4-16(29-19)8-14(10-23)20(26)15(11-24)12-25/h3-6,8-9H,2,7,26H2,1H3. The number of nitriles is 3. The molecule has 0 spiro atoms. The van der Waals surface area contributed by atoms with Crippen molar-refractivity contribution in [3.05, 3.63) is 63.5 Å². The Morgan fingerprint density at radius 1 is 1.21 bits per heavy atom. The van der Waals surface area contributed by atoms with Crippen LogP contribution in [0.25, 0.3) is 17.4 Å². The molecule has 144 valence electrons. The van der Waals surface area contributed by atoms with Crippen molar-refractivity contribution in [1.82, 2.24) is 0 Å². The van der Waals surface area contributed by atoms with E-state index in [-0.39, 0.29) is 39.8 Å². The van der Waals surface area contributed by atoms with Gasteiger partial charge in [0.2, 0.25) is 0 Å². The van der Waals surface area contributed by atoms with E-state index in [4.69, 9.17) is 37.0 Å². The molecule has 0 unspecified atom stereocenters. The number of allylic oxidation sites excluding steroid dienone is 2. The van der Waals surface area contributed by atoms with Gasteiger partial charge in [0.05, 0.1) is 28.5 Å².